The molecular formula is C8H12N4. The van der Waals surface area contributed by atoms with E-state index in [1.807, 2.05) is 4.40 Å². The van der Waals surface area contributed by atoms with E-state index in [9.17, 15) is 0 Å². The van der Waals surface area contributed by atoms with Gasteiger partial charge in [0.2, 0.25) is 5.78 Å². The molecule has 0 aliphatic carbocycles. The van der Waals surface area contributed by atoms with E-state index in [-0.39, 0.29) is 0 Å². The quantitative estimate of drug-likeness (QED) is 0.694. The first-order chi connectivity index (χ1) is 5.70. The average Bonchev–Trinajstić information content (AvgIpc) is 2.53. The minimum absolute atomic E-state index is 0.506. The lowest BCUT2D eigenvalue weighted by molar-refractivity contribution is 0.817. The molecule has 0 bridgehead atoms. The third kappa shape index (κ3) is 0.841. The highest BCUT2D eigenvalue weighted by atomic mass is 15.3. The maximum absolute atomic E-state index is 3.94. The molecule has 0 aliphatic heterocycles. The fraction of sp³-hybridized carbons (Fsp3) is 0.500. The second-order valence-electron chi connectivity index (χ2n) is 3.30. The highest BCUT2D eigenvalue weighted by Crippen LogP contribution is 2.17. The summed E-state index contributed by atoms with van der Waals surface area (Å²) in [7, 11) is 0. The maximum atomic E-state index is 3.94. The van der Waals surface area contributed by atoms with Crippen LogP contribution in [0.25, 0.3) is 5.78 Å². The zero-order valence-electron chi connectivity index (χ0n) is 7.50. The van der Waals surface area contributed by atoms with E-state index < -0.39 is 0 Å². The van der Waals surface area contributed by atoms with Crippen LogP contribution in [0.5, 0.6) is 0 Å². The standard InChI is InChI=1S/C8H12N4/c1-5(2)7-6(3)12-4-9-11-8(12)10-7/h4-5H,1-3H3,(H,10,11). The number of nitrogens with one attached hydrogen (secondary N) is 1. The molecule has 0 unspecified atom stereocenters. The van der Waals surface area contributed by atoms with E-state index in [0.717, 1.165) is 5.78 Å². The van der Waals surface area contributed by atoms with Crippen molar-refractivity contribution in [1.82, 2.24) is 19.6 Å². The molecule has 0 fully saturated rings. The van der Waals surface area contributed by atoms with Crippen LogP contribution in [-0.2, 0) is 0 Å². The van der Waals surface area contributed by atoms with Gasteiger partial charge in [0.15, 0.2) is 0 Å². The number of aromatic amines is 1. The summed E-state index contributed by atoms with van der Waals surface area (Å²) in [6.45, 7) is 6.39. The number of aryl methyl sites for hydroxylation is 1. The topological polar surface area (TPSA) is 46.0 Å². The summed E-state index contributed by atoms with van der Waals surface area (Å²) in [5, 5.41) is 7.74. The molecule has 0 saturated carbocycles. The molecule has 0 saturated heterocycles. The number of fused-ring (bicyclic) bond motifs is 1. The second kappa shape index (κ2) is 2.33. The fourth-order valence-electron chi connectivity index (χ4n) is 1.47. The maximum Gasteiger partial charge on any atom is 0.233 e. The number of hydrogen-bond acceptors (Lipinski definition) is 2. The van der Waals surface area contributed by atoms with Gasteiger partial charge in [-0.3, -0.25) is 4.40 Å². The molecule has 2 heterocycles. The van der Waals surface area contributed by atoms with E-state index in [0.29, 0.717) is 5.92 Å². The lowest BCUT2D eigenvalue weighted by Crippen LogP contribution is -1.91. The average molecular weight is 164 g/mol. The Labute approximate surface area is 70.6 Å². The largest absolute Gasteiger partial charge is 0.326 e. The highest BCUT2D eigenvalue weighted by molar-refractivity contribution is 5.34. The second-order valence-corrected chi connectivity index (χ2v) is 3.30. The molecule has 0 atom stereocenters. The number of aromatic nitrogens is 4. The number of imidazole rings is 1. The van der Waals surface area contributed by atoms with Gasteiger partial charge in [0.05, 0.1) is 0 Å². The Morgan fingerprint density at radius 1 is 1.50 bits per heavy atom. The van der Waals surface area contributed by atoms with Crippen molar-refractivity contribution >= 4 is 5.78 Å². The Bertz CT molecular complexity index is 396. The van der Waals surface area contributed by atoms with Crippen molar-refractivity contribution in [3.8, 4) is 0 Å². The van der Waals surface area contributed by atoms with Crippen LogP contribution in [0.4, 0.5) is 0 Å². The van der Waals surface area contributed by atoms with Crippen LogP contribution in [0.1, 0.15) is 31.2 Å². The molecule has 2 aromatic rings. The number of H-pyrrole nitrogens is 1. The normalized spacial score (nSPS) is 11.7. The molecule has 2 rings (SSSR count). The van der Waals surface area contributed by atoms with Gasteiger partial charge in [-0.2, -0.15) is 0 Å². The fourth-order valence-corrected chi connectivity index (χ4v) is 1.47. The van der Waals surface area contributed by atoms with Crippen molar-refractivity contribution in [3.63, 3.8) is 0 Å². The Morgan fingerprint density at radius 2 is 2.25 bits per heavy atom. The Hall–Kier alpha value is -1.32. The van der Waals surface area contributed by atoms with Crippen LogP contribution < -0.4 is 0 Å². The third-order valence-corrected chi connectivity index (χ3v) is 2.12. The Balaban J connectivity index is 2.70. The molecule has 64 valence electrons. The van der Waals surface area contributed by atoms with Crippen LogP contribution >= 0.6 is 0 Å². The lowest BCUT2D eigenvalue weighted by atomic mass is 10.1. The van der Waals surface area contributed by atoms with Gasteiger partial charge in [-0.15, -0.1) is 10.2 Å². The van der Waals surface area contributed by atoms with Crippen molar-refractivity contribution in [3.05, 3.63) is 17.7 Å². The first-order valence-electron chi connectivity index (χ1n) is 4.08. The monoisotopic (exact) mass is 164 g/mol. The van der Waals surface area contributed by atoms with E-state index >= 15 is 0 Å². The minimum Gasteiger partial charge on any atom is -0.326 e. The molecule has 12 heavy (non-hydrogen) atoms. The third-order valence-electron chi connectivity index (χ3n) is 2.12. The van der Waals surface area contributed by atoms with Crippen LogP contribution in [-0.4, -0.2) is 19.6 Å². The molecule has 4 heteroatoms. The predicted molar refractivity (Wildman–Crippen MR) is 46.2 cm³/mol. The van der Waals surface area contributed by atoms with Gasteiger partial charge in [0.1, 0.15) is 6.33 Å². The summed E-state index contributed by atoms with van der Waals surface area (Å²) < 4.78 is 1.97. The summed E-state index contributed by atoms with van der Waals surface area (Å²) in [5.74, 6) is 1.34. The Morgan fingerprint density at radius 3 is 2.83 bits per heavy atom. The van der Waals surface area contributed by atoms with Crippen molar-refractivity contribution in [2.24, 2.45) is 0 Å². The van der Waals surface area contributed by atoms with Crippen LogP contribution in [0, 0.1) is 6.92 Å². The van der Waals surface area contributed by atoms with Crippen molar-refractivity contribution in [2.75, 3.05) is 0 Å². The van der Waals surface area contributed by atoms with Crippen molar-refractivity contribution in [1.29, 1.82) is 0 Å². The van der Waals surface area contributed by atoms with Crippen molar-refractivity contribution in [2.45, 2.75) is 26.7 Å². The minimum atomic E-state index is 0.506. The molecule has 0 amide bonds. The number of nitrogens with zero attached hydrogens (tertiary/aromatic N) is 3. The zero-order valence-corrected chi connectivity index (χ0v) is 7.50. The summed E-state index contributed by atoms with van der Waals surface area (Å²) in [6, 6.07) is 0. The predicted octanol–water partition coefficient (Wildman–Crippen LogP) is 1.49. The van der Waals surface area contributed by atoms with Gasteiger partial charge in [-0.25, -0.2) is 0 Å². The van der Waals surface area contributed by atoms with E-state index in [2.05, 4.69) is 36.0 Å². The van der Waals surface area contributed by atoms with Crippen molar-refractivity contribution < 1.29 is 0 Å². The number of hydrogen-bond donors (Lipinski definition) is 1. The summed E-state index contributed by atoms with van der Waals surface area (Å²) in [4.78, 5) is 3.23. The van der Waals surface area contributed by atoms with Gasteiger partial charge >= 0.3 is 0 Å². The summed E-state index contributed by atoms with van der Waals surface area (Å²) in [5.41, 5.74) is 2.44. The van der Waals surface area contributed by atoms with E-state index in [1.54, 1.807) is 6.33 Å². The van der Waals surface area contributed by atoms with E-state index in [1.165, 1.54) is 11.4 Å². The lowest BCUT2D eigenvalue weighted by Gasteiger charge is -2.01. The zero-order chi connectivity index (χ0) is 8.72. The molecule has 0 radical (unpaired) electrons. The van der Waals surface area contributed by atoms with Gasteiger partial charge in [-0.05, 0) is 12.8 Å². The molecule has 4 nitrogen and oxygen atoms in total. The first-order valence-corrected chi connectivity index (χ1v) is 4.08. The van der Waals surface area contributed by atoms with Crippen LogP contribution in [0.2, 0.25) is 0 Å². The smallest absolute Gasteiger partial charge is 0.233 e. The van der Waals surface area contributed by atoms with Gasteiger partial charge in [0, 0.05) is 11.4 Å². The van der Waals surface area contributed by atoms with Gasteiger partial charge in [0.25, 0.3) is 0 Å². The summed E-state index contributed by atoms with van der Waals surface area (Å²) >= 11 is 0. The Kier molecular flexibility index (Phi) is 1.43. The molecule has 0 aromatic carbocycles. The van der Waals surface area contributed by atoms with Crippen LogP contribution in [0.3, 0.4) is 0 Å². The molecule has 1 N–H and O–H groups in total. The van der Waals surface area contributed by atoms with E-state index in [4.69, 9.17) is 0 Å². The molecular weight excluding hydrogens is 152 g/mol. The van der Waals surface area contributed by atoms with Crippen LogP contribution in [0.15, 0.2) is 6.33 Å². The van der Waals surface area contributed by atoms with Gasteiger partial charge in [-0.1, -0.05) is 13.8 Å². The number of rotatable bonds is 1. The first kappa shape index (κ1) is 7.34. The molecule has 0 aliphatic rings. The summed E-state index contributed by atoms with van der Waals surface area (Å²) in [6.07, 6.45) is 1.73. The SMILES string of the molecule is Cc1c(C(C)C)[nH]c2nncn12. The molecule has 0 spiro atoms. The highest BCUT2D eigenvalue weighted by Gasteiger charge is 2.10. The molecule has 2 aromatic heterocycles. The van der Waals surface area contributed by atoms with Gasteiger partial charge < -0.3 is 4.98 Å².